The highest BCUT2D eigenvalue weighted by Crippen LogP contribution is 2.25. The monoisotopic (exact) mass is 376 g/mol. The molecule has 0 aliphatic heterocycles. The number of para-hydroxylation sites is 1. The normalized spacial score (nSPS) is 11.2. The fourth-order valence-corrected chi connectivity index (χ4v) is 2.73. The van der Waals surface area contributed by atoms with Gasteiger partial charge in [-0.15, -0.1) is 0 Å². The molecule has 0 fully saturated rings. The first-order chi connectivity index (χ1) is 13.2. The standard InChI is InChI=1S/C21H14ClFN4/c22-16-9-7-15(8-10-16)20-25-19-4-2-1-3-18(19)21(26-20)27-24-13-14-5-11-17(23)12-6-14/h1-13H,(H,25,26,27)/b24-13+. The highest BCUT2D eigenvalue weighted by molar-refractivity contribution is 6.30. The predicted octanol–water partition coefficient (Wildman–Crippen LogP) is 5.54. The number of anilines is 1. The summed E-state index contributed by atoms with van der Waals surface area (Å²) in [6, 6.07) is 21.1. The molecular weight excluding hydrogens is 363 g/mol. The Bertz CT molecular complexity index is 1110. The molecule has 27 heavy (non-hydrogen) atoms. The van der Waals surface area contributed by atoms with Crippen LogP contribution in [0, 0.1) is 5.82 Å². The SMILES string of the molecule is Fc1ccc(/C=N/Nc2nc(-c3ccc(Cl)cc3)nc3ccccc23)cc1. The number of rotatable bonds is 4. The summed E-state index contributed by atoms with van der Waals surface area (Å²) in [7, 11) is 0. The number of fused-ring (bicyclic) bond motifs is 1. The largest absolute Gasteiger partial charge is 0.261 e. The molecule has 1 heterocycles. The van der Waals surface area contributed by atoms with Crippen molar-refractivity contribution in [1.82, 2.24) is 9.97 Å². The lowest BCUT2D eigenvalue weighted by atomic mass is 10.2. The molecular formula is C21H14ClFN4. The van der Waals surface area contributed by atoms with Gasteiger partial charge in [-0.25, -0.2) is 14.4 Å². The maximum Gasteiger partial charge on any atom is 0.162 e. The van der Waals surface area contributed by atoms with E-state index in [1.54, 1.807) is 30.5 Å². The van der Waals surface area contributed by atoms with Crippen molar-refractivity contribution in [3.63, 3.8) is 0 Å². The minimum Gasteiger partial charge on any atom is -0.261 e. The summed E-state index contributed by atoms with van der Waals surface area (Å²) in [4.78, 5) is 9.23. The lowest BCUT2D eigenvalue weighted by Crippen LogP contribution is -1.99. The van der Waals surface area contributed by atoms with Crippen molar-refractivity contribution in [1.29, 1.82) is 0 Å². The summed E-state index contributed by atoms with van der Waals surface area (Å²) in [5.74, 6) is 0.878. The second kappa shape index (κ2) is 7.51. The smallest absolute Gasteiger partial charge is 0.162 e. The van der Waals surface area contributed by atoms with E-state index in [0.29, 0.717) is 16.7 Å². The topological polar surface area (TPSA) is 50.2 Å². The molecule has 132 valence electrons. The molecule has 0 spiro atoms. The average Bonchev–Trinajstić information content (AvgIpc) is 2.70. The first-order valence-corrected chi connectivity index (χ1v) is 8.64. The van der Waals surface area contributed by atoms with Gasteiger partial charge < -0.3 is 0 Å². The number of nitrogens with zero attached hydrogens (tertiary/aromatic N) is 3. The minimum absolute atomic E-state index is 0.283. The van der Waals surface area contributed by atoms with Crippen LogP contribution in [0.15, 0.2) is 77.9 Å². The Balaban J connectivity index is 1.70. The molecule has 3 aromatic carbocycles. The maximum absolute atomic E-state index is 13.0. The molecule has 0 amide bonds. The van der Waals surface area contributed by atoms with Crippen LogP contribution in [0.5, 0.6) is 0 Å². The van der Waals surface area contributed by atoms with E-state index in [1.807, 2.05) is 36.4 Å². The third kappa shape index (κ3) is 3.93. The van der Waals surface area contributed by atoms with Crippen LogP contribution in [0.4, 0.5) is 10.2 Å². The molecule has 0 saturated heterocycles. The van der Waals surface area contributed by atoms with Crippen LogP contribution >= 0.6 is 11.6 Å². The number of nitrogens with one attached hydrogen (secondary N) is 1. The van der Waals surface area contributed by atoms with Crippen LogP contribution < -0.4 is 5.43 Å². The van der Waals surface area contributed by atoms with Gasteiger partial charge in [-0.2, -0.15) is 5.10 Å². The molecule has 0 saturated carbocycles. The van der Waals surface area contributed by atoms with E-state index in [4.69, 9.17) is 11.6 Å². The third-order valence-corrected chi connectivity index (χ3v) is 4.21. The molecule has 6 heteroatoms. The Labute approximate surface area is 160 Å². The Hall–Kier alpha value is -3.31. The molecule has 0 unspecified atom stereocenters. The van der Waals surface area contributed by atoms with Crippen LogP contribution in [0.3, 0.4) is 0 Å². The van der Waals surface area contributed by atoms with Gasteiger partial charge in [0.25, 0.3) is 0 Å². The summed E-state index contributed by atoms with van der Waals surface area (Å²) in [5.41, 5.74) is 5.41. The first kappa shape index (κ1) is 17.1. The highest BCUT2D eigenvalue weighted by Gasteiger charge is 2.09. The van der Waals surface area contributed by atoms with Crippen LogP contribution in [0.25, 0.3) is 22.3 Å². The molecule has 0 radical (unpaired) electrons. The zero-order valence-electron chi connectivity index (χ0n) is 14.1. The lowest BCUT2D eigenvalue weighted by molar-refractivity contribution is 0.628. The van der Waals surface area contributed by atoms with E-state index in [-0.39, 0.29) is 5.82 Å². The fraction of sp³-hybridized carbons (Fsp3) is 0. The Morgan fingerprint density at radius 1 is 0.889 bits per heavy atom. The van der Waals surface area contributed by atoms with Gasteiger partial charge >= 0.3 is 0 Å². The summed E-state index contributed by atoms with van der Waals surface area (Å²) in [5, 5.41) is 5.74. The van der Waals surface area contributed by atoms with Gasteiger partial charge in [0, 0.05) is 16.0 Å². The minimum atomic E-state index is -0.283. The third-order valence-electron chi connectivity index (χ3n) is 3.96. The molecule has 0 bridgehead atoms. The Kier molecular flexibility index (Phi) is 4.77. The summed E-state index contributed by atoms with van der Waals surface area (Å²) < 4.78 is 13.0. The quantitative estimate of drug-likeness (QED) is 0.376. The van der Waals surface area contributed by atoms with Crippen molar-refractivity contribution < 1.29 is 4.39 Å². The van der Waals surface area contributed by atoms with Gasteiger partial charge in [-0.1, -0.05) is 35.9 Å². The van der Waals surface area contributed by atoms with Crippen molar-refractivity contribution in [2.45, 2.75) is 0 Å². The van der Waals surface area contributed by atoms with Crippen LogP contribution in [0.1, 0.15) is 5.56 Å². The number of hydrazone groups is 1. The van der Waals surface area contributed by atoms with Gasteiger partial charge in [0.15, 0.2) is 11.6 Å². The number of halogens is 2. The highest BCUT2D eigenvalue weighted by atomic mass is 35.5. The molecule has 0 aliphatic rings. The van der Waals surface area contributed by atoms with E-state index < -0.39 is 0 Å². The van der Waals surface area contributed by atoms with Gasteiger partial charge in [0.05, 0.1) is 11.7 Å². The summed E-state index contributed by atoms with van der Waals surface area (Å²) >= 11 is 5.97. The zero-order valence-corrected chi connectivity index (χ0v) is 14.9. The van der Waals surface area contributed by atoms with Crippen molar-refractivity contribution in [2.24, 2.45) is 5.10 Å². The molecule has 1 aromatic heterocycles. The van der Waals surface area contributed by atoms with Gasteiger partial charge in [-0.3, -0.25) is 5.43 Å². The van der Waals surface area contributed by atoms with Crippen LogP contribution in [-0.4, -0.2) is 16.2 Å². The molecule has 1 N–H and O–H groups in total. The fourth-order valence-electron chi connectivity index (χ4n) is 2.61. The van der Waals surface area contributed by atoms with E-state index >= 15 is 0 Å². The Morgan fingerprint density at radius 2 is 1.63 bits per heavy atom. The van der Waals surface area contributed by atoms with Crippen LogP contribution in [-0.2, 0) is 0 Å². The average molecular weight is 377 g/mol. The van der Waals surface area contributed by atoms with Crippen molar-refractivity contribution >= 4 is 34.5 Å². The molecule has 0 atom stereocenters. The number of hydrogen-bond donors (Lipinski definition) is 1. The van der Waals surface area contributed by atoms with Gasteiger partial charge in [0.2, 0.25) is 0 Å². The lowest BCUT2D eigenvalue weighted by Gasteiger charge is -2.08. The second-order valence-corrected chi connectivity index (χ2v) is 6.28. The predicted molar refractivity (Wildman–Crippen MR) is 108 cm³/mol. The molecule has 4 aromatic rings. The molecule has 0 aliphatic carbocycles. The Morgan fingerprint density at radius 3 is 2.41 bits per heavy atom. The number of aromatic nitrogens is 2. The summed E-state index contributed by atoms with van der Waals surface area (Å²) in [6.45, 7) is 0. The van der Waals surface area contributed by atoms with Crippen molar-refractivity contribution in [3.8, 4) is 11.4 Å². The molecule has 4 nitrogen and oxygen atoms in total. The number of benzene rings is 3. The van der Waals surface area contributed by atoms with Gasteiger partial charge in [0.1, 0.15) is 5.82 Å². The van der Waals surface area contributed by atoms with Crippen molar-refractivity contribution in [3.05, 3.63) is 89.2 Å². The van der Waals surface area contributed by atoms with E-state index in [9.17, 15) is 4.39 Å². The number of hydrogen-bond acceptors (Lipinski definition) is 4. The molecule has 4 rings (SSSR count). The van der Waals surface area contributed by atoms with E-state index in [1.165, 1.54) is 12.1 Å². The van der Waals surface area contributed by atoms with E-state index in [2.05, 4.69) is 20.5 Å². The summed E-state index contributed by atoms with van der Waals surface area (Å²) in [6.07, 6.45) is 1.61. The first-order valence-electron chi connectivity index (χ1n) is 8.26. The van der Waals surface area contributed by atoms with E-state index in [0.717, 1.165) is 22.0 Å². The van der Waals surface area contributed by atoms with Crippen molar-refractivity contribution in [2.75, 3.05) is 5.43 Å². The zero-order chi connectivity index (χ0) is 18.6. The van der Waals surface area contributed by atoms with Gasteiger partial charge in [-0.05, 0) is 54.1 Å². The maximum atomic E-state index is 13.0. The second-order valence-electron chi connectivity index (χ2n) is 5.84. The van der Waals surface area contributed by atoms with Crippen LogP contribution in [0.2, 0.25) is 5.02 Å².